The number of carbonyl (C=O) groups is 2. The second kappa shape index (κ2) is 8.01. The largest absolute Gasteiger partial charge is 0.468 e. The minimum Gasteiger partial charge on any atom is -0.468 e. The Balaban J connectivity index is 1.70. The van der Waals surface area contributed by atoms with E-state index in [1.807, 2.05) is 0 Å². The van der Waals surface area contributed by atoms with Gasteiger partial charge in [0.1, 0.15) is 17.4 Å². The zero-order chi connectivity index (χ0) is 18.7. The van der Waals surface area contributed by atoms with Crippen molar-refractivity contribution in [2.24, 2.45) is 0 Å². The highest BCUT2D eigenvalue weighted by Crippen LogP contribution is 2.27. The zero-order valence-corrected chi connectivity index (χ0v) is 15.0. The Morgan fingerprint density at radius 2 is 2.04 bits per heavy atom. The number of ether oxygens (including phenoxy) is 2. The van der Waals surface area contributed by atoms with Crippen LogP contribution in [0.3, 0.4) is 0 Å². The molecule has 26 heavy (non-hydrogen) atoms. The monoisotopic (exact) mass is 364 g/mol. The third-order valence-corrected chi connectivity index (χ3v) is 4.97. The maximum Gasteiger partial charge on any atom is 0.349 e. The maximum absolute atomic E-state index is 12.5. The van der Waals surface area contributed by atoms with Gasteiger partial charge in [0.05, 0.1) is 7.11 Å². The van der Waals surface area contributed by atoms with Crippen molar-refractivity contribution in [1.29, 1.82) is 0 Å². The Kier molecular flexibility index (Phi) is 5.73. The van der Waals surface area contributed by atoms with Gasteiger partial charge in [0.15, 0.2) is 0 Å². The van der Waals surface area contributed by atoms with Crippen LogP contribution in [0.2, 0.25) is 0 Å². The van der Waals surface area contributed by atoms with E-state index in [9.17, 15) is 14.4 Å². The minimum atomic E-state index is -0.625. The molecule has 0 aliphatic carbocycles. The molecule has 2 N–H and O–H groups in total. The van der Waals surface area contributed by atoms with Gasteiger partial charge in [-0.15, -0.1) is 0 Å². The summed E-state index contributed by atoms with van der Waals surface area (Å²) in [6.07, 6.45) is 2.02. The van der Waals surface area contributed by atoms with Crippen LogP contribution >= 0.6 is 0 Å². The quantitative estimate of drug-likeness (QED) is 0.748. The Hall–Kier alpha value is -2.19. The SMILES string of the molecule is COC(=O)[C@@H]1C[C@H](NC(=O)c2c(C)cc(C3CCOCC3)oc2=O)CN1. The molecule has 8 heteroatoms. The summed E-state index contributed by atoms with van der Waals surface area (Å²) >= 11 is 0. The standard InChI is InChI=1S/C18H24N2O6/c1-10-7-14(11-3-5-25-6-4-11)26-18(23)15(10)16(21)20-12-8-13(19-9-12)17(22)24-2/h7,11-13,19H,3-6,8-9H2,1-2H3,(H,20,21)/t12-,13-/m0/s1. The van der Waals surface area contributed by atoms with Crippen molar-refractivity contribution >= 4 is 11.9 Å². The smallest absolute Gasteiger partial charge is 0.349 e. The predicted molar refractivity (Wildman–Crippen MR) is 92.2 cm³/mol. The molecule has 0 aromatic carbocycles. The van der Waals surface area contributed by atoms with Crippen molar-refractivity contribution in [2.75, 3.05) is 26.9 Å². The van der Waals surface area contributed by atoms with Crippen LogP contribution in [0.4, 0.5) is 0 Å². The van der Waals surface area contributed by atoms with Gasteiger partial charge >= 0.3 is 11.6 Å². The summed E-state index contributed by atoms with van der Waals surface area (Å²) in [6, 6.07) is 1.08. The Bertz CT molecular complexity index is 738. The normalized spacial score (nSPS) is 23.6. The van der Waals surface area contributed by atoms with Crippen LogP contribution in [-0.2, 0) is 14.3 Å². The molecule has 0 bridgehead atoms. The molecular weight excluding hydrogens is 340 g/mol. The van der Waals surface area contributed by atoms with E-state index in [2.05, 4.69) is 10.6 Å². The molecule has 1 aromatic rings. The first-order valence-corrected chi connectivity index (χ1v) is 8.84. The molecular formula is C18H24N2O6. The molecule has 2 saturated heterocycles. The van der Waals surface area contributed by atoms with E-state index in [0.717, 1.165) is 12.8 Å². The van der Waals surface area contributed by atoms with Crippen LogP contribution in [0.15, 0.2) is 15.3 Å². The fourth-order valence-corrected chi connectivity index (χ4v) is 3.51. The second-order valence-corrected chi connectivity index (χ2v) is 6.77. The molecule has 2 fully saturated rings. The zero-order valence-electron chi connectivity index (χ0n) is 15.0. The van der Waals surface area contributed by atoms with Gasteiger partial charge in [-0.1, -0.05) is 0 Å². The first kappa shape index (κ1) is 18.6. The topological polar surface area (TPSA) is 107 Å². The Morgan fingerprint density at radius 3 is 2.69 bits per heavy atom. The molecule has 2 atom stereocenters. The Labute approximate surface area is 151 Å². The van der Waals surface area contributed by atoms with Crippen LogP contribution in [0.25, 0.3) is 0 Å². The molecule has 8 nitrogen and oxygen atoms in total. The van der Waals surface area contributed by atoms with Gasteiger partial charge in [-0.3, -0.25) is 9.59 Å². The molecule has 3 heterocycles. The number of hydrogen-bond donors (Lipinski definition) is 2. The summed E-state index contributed by atoms with van der Waals surface area (Å²) in [7, 11) is 1.32. The third-order valence-electron chi connectivity index (χ3n) is 4.97. The first-order valence-electron chi connectivity index (χ1n) is 8.84. The van der Waals surface area contributed by atoms with E-state index >= 15 is 0 Å². The van der Waals surface area contributed by atoms with Gasteiger partial charge in [0, 0.05) is 31.7 Å². The molecule has 0 spiro atoms. The van der Waals surface area contributed by atoms with Gasteiger partial charge in [0.2, 0.25) is 0 Å². The summed E-state index contributed by atoms with van der Waals surface area (Å²) in [5.74, 6) is -0.0851. The van der Waals surface area contributed by atoms with E-state index < -0.39 is 17.6 Å². The number of aryl methyl sites for hydroxylation is 1. The van der Waals surface area contributed by atoms with Crippen molar-refractivity contribution < 1.29 is 23.5 Å². The fourth-order valence-electron chi connectivity index (χ4n) is 3.51. The van der Waals surface area contributed by atoms with Gasteiger partial charge in [-0.25, -0.2) is 4.79 Å². The summed E-state index contributed by atoms with van der Waals surface area (Å²) in [5.41, 5.74) is -0.0162. The summed E-state index contributed by atoms with van der Waals surface area (Å²) in [5, 5.41) is 5.79. The lowest BCUT2D eigenvalue weighted by atomic mass is 9.95. The van der Waals surface area contributed by atoms with Gasteiger partial charge in [-0.2, -0.15) is 0 Å². The number of methoxy groups -OCH3 is 1. The van der Waals surface area contributed by atoms with E-state index in [-0.39, 0.29) is 23.5 Å². The fraction of sp³-hybridized carbons (Fsp3) is 0.611. The predicted octanol–water partition coefficient (Wildman–Crippen LogP) is 0.476. The van der Waals surface area contributed by atoms with Gasteiger partial charge < -0.3 is 24.5 Å². The molecule has 0 unspecified atom stereocenters. The molecule has 2 aliphatic heterocycles. The van der Waals surface area contributed by atoms with Crippen molar-refractivity contribution in [1.82, 2.24) is 10.6 Å². The first-order chi connectivity index (χ1) is 12.5. The van der Waals surface area contributed by atoms with Crippen LogP contribution < -0.4 is 16.3 Å². The summed E-state index contributed by atoms with van der Waals surface area (Å²) in [4.78, 5) is 36.5. The average molecular weight is 364 g/mol. The van der Waals surface area contributed by atoms with E-state index in [1.165, 1.54) is 7.11 Å². The average Bonchev–Trinajstić information content (AvgIpc) is 3.09. The van der Waals surface area contributed by atoms with Crippen LogP contribution in [0.1, 0.15) is 46.9 Å². The third kappa shape index (κ3) is 3.96. The summed E-state index contributed by atoms with van der Waals surface area (Å²) < 4.78 is 15.5. The van der Waals surface area contributed by atoms with Gasteiger partial charge in [-0.05, 0) is 37.8 Å². The highest BCUT2D eigenvalue weighted by Gasteiger charge is 2.32. The second-order valence-electron chi connectivity index (χ2n) is 6.77. The van der Waals surface area contributed by atoms with Crippen molar-refractivity contribution in [3.05, 3.63) is 33.4 Å². The molecule has 142 valence electrons. The van der Waals surface area contributed by atoms with Crippen LogP contribution in [0.5, 0.6) is 0 Å². The number of esters is 1. The molecule has 0 saturated carbocycles. The maximum atomic E-state index is 12.5. The Morgan fingerprint density at radius 1 is 1.31 bits per heavy atom. The number of amides is 1. The van der Waals surface area contributed by atoms with E-state index in [0.29, 0.717) is 37.5 Å². The molecule has 3 rings (SSSR count). The molecule has 1 amide bonds. The lowest BCUT2D eigenvalue weighted by Crippen LogP contribution is -2.39. The molecule has 2 aliphatic rings. The summed E-state index contributed by atoms with van der Waals surface area (Å²) in [6.45, 7) is 3.46. The lowest BCUT2D eigenvalue weighted by Gasteiger charge is -2.21. The molecule has 1 aromatic heterocycles. The van der Waals surface area contributed by atoms with Crippen molar-refractivity contribution in [3.63, 3.8) is 0 Å². The highest BCUT2D eigenvalue weighted by molar-refractivity contribution is 5.95. The van der Waals surface area contributed by atoms with Crippen LogP contribution in [-0.4, -0.2) is 50.8 Å². The highest BCUT2D eigenvalue weighted by atomic mass is 16.5. The van der Waals surface area contributed by atoms with Crippen molar-refractivity contribution in [2.45, 2.75) is 44.2 Å². The number of carbonyl (C=O) groups excluding carboxylic acids is 2. The minimum absolute atomic E-state index is 0.0160. The van der Waals surface area contributed by atoms with Crippen LogP contribution in [0, 0.1) is 6.92 Å². The van der Waals surface area contributed by atoms with E-state index in [1.54, 1.807) is 13.0 Å². The number of hydrogen-bond acceptors (Lipinski definition) is 7. The van der Waals surface area contributed by atoms with Crippen molar-refractivity contribution in [3.8, 4) is 0 Å². The van der Waals surface area contributed by atoms with Gasteiger partial charge in [0.25, 0.3) is 5.91 Å². The number of nitrogens with one attached hydrogen (secondary N) is 2. The number of rotatable bonds is 4. The molecule has 0 radical (unpaired) electrons. The lowest BCUT2D eigenvalue weighted by molar-refractivity contribution is -0.142. The van der Waals surface area contributed by atoms with E-state index in [4.69, 9.17) is 13.9 Å².